The Labute approximate surface area is 149 Å². The number of halogens is 3. The first-order chi connectivity index (χ1) is 12.4. The fraction of sp³-hybridized carbons (Fsp3) is 0.133. The molecule has 1 aromatic heterocycles. The lowest BCUT2D eigenvalue weighted by Crippen LogP contribution is -2.09. The SMILES string of the molecule is O=[N+]([O-])c1ccc(C(F)(F)F)c(CSc2nnnn2-c2ccccc2)c1. The van der Waals surface area contributed by atoms with Gasteiger partial charge in [0.25, 0.3) is 5.69 Å². The van der Waals surface area contributed by atoms with Gasteiger partial charge >= 0.3 is 6.18 Å². The highest BCUT2D eigenvalue weighted by molar-refractivity contribution is 7.98. The first kappa shape index (κ1) is 17.9. The maximum absolute atomic E-state index is 13.2. The van der Waals surface area contributed by atoms with Gasteiger partial charge in [-0.1, -0.05) is 30.0 Å². The van der Waals surface area contributed by atoms with Crippen LogP contribution in [0.2, 0.25) is 0 Å². The van der Waals surface area contributed by atoms with E-state index in [9.17, 15) is 23.3 Å². The summed E-state index contributed by atoms with van der Waals surface area (Å²) in [5.74, 6) is -0.177. The molecule has 0 unspecified atom stereocenters. The zero-order chi connectivity index (χ0) is 18.7. The fourth-order valence-corrected chi connectivity index (χ4v) is 3.11. The molecular weight excluding hydrogens is 371 g/mol. The minimum absolute atomic E-state index is 0.177. The van der Waals surface area contributed by atoms with Crippen LogP contribution in [0.1, 0.15) is 11.1 Å². The molecule has 0 spiro atoms. The van der Waals surface area contributed by atoms with Crippen molar-refractivity contribution in [3.05, 3.63) is 69.8 Å². The van der Waals surface area contributed by atoms with Gasteiger partial charge in [-0.05, 0) is 34.2 Å². The molecule has 0 aliphatic carbocycles. The Morgan fingerprint density at radius 3 is 2.54 bits per heavy atom. The molecule has 26 heavy (non-hydrogen) atoms. The summed E-state index contributed by atoms with van der Waals surface area (Å²) in [6.45, 7) is 0. The summed E-state index contributed by atoms with van der Waals surface area (Å²) in [5, 5.41) is 22.3. The van der Waals surface area contributed by atoms with Crippen LogP contribution in [0.25, 0.3) is 5.69 Å². The zero-order valence-corrected chi connectivity index (χ0v) is 13.7. The van der Waals surface area contributed by atoms with E-state index in [1.807, 2.05) is 0 Å². The predicted octanol–water partition coefficient (Wildman–Crippen LogP) is 3.88. The number of aromatic nitrogens is 4. The summed E-state index contributed by atoms with van der Waals surface area (Å²) in [5.41, 5.74) is -0.889. The number of nitrogens with zero attached hydrogens (tertiary/aromatic N) is 5. The van der Waals surface area contributed by atoms with Gasteiger partial charge in [0.05, 0.1) is 16.2 Å². The third-order valence-corrected chi connectivity index (χ3v) is 4.37. The van der Waals surface area contributed by atoms with Gasteiger partial charge in [-0.25, -0.2) is 0 Å². The molecule has 0 atom stereocenters. The van der Waals surface area contributed by atoms with Crippen LogP contribution in [0.4, 0.5) is 18.9 Å². The Balaban J connectivity index is 1.90. The van der Waals surface area contributed by atoms with E-state index in [1.54, 1.807) is 30.3 Å². The van der Waals surface area contributed by atoms with Gasteiger partial charge in [0, 0.05) is 17.9 Å². The van der Waals surface area contributed by atoms with Crippen LogP contribution in [-0.2, 0) is 11.9 Å². The number of rotatable bonds is 5. The minimum atomic E-state index is -4.61. The third kappa shape index (κ3) is 3.82. The molecule has 0 saturated carbocycles. The van der Waals surface area contributed by atoms with E-state index >= 15 is 0 Å². The Bertz CT molecular complexity index is 931. The minimum Gasteiger partial charge on any atom is -0.258 e. The van der Waals surface area contributed by atoms with Crippen LogP contribution < -0.4 is 0 Å². The van der Waals surface area contributed by atoms with Crippen LogP contribution in [-0.4, -0.2) is 25.1 Å². The van der Waals surface area contributed by atoms with Gasteiger partial charge in [0.15, 0.2) is 0 Å². The molecule has 3 aromatic rings. The lowest BCUT2D eigenvalue weighted by atomic mass is 10.1. The van der Waals surface area contributed by atoms with Gasteiger partial charge in [0.1, 0.15) is 0 Å². The molecule has 7 nitrogen and oxygen atoms in total. The molecule has 3 rings (SSSR count). The van der Waals surface area contributed by atoms with Crippen LogP contribution in [0.3, 0.4) is 0 Å². The summed E-state index contributed by atoms with van der Waals surface area (Å²) in [6, 6.07) is 11.3. The lowest BCUT2D eigenvalue weighted by Gasteiger charge is -2.12. The number of para-hydroxylation sites is 1. The maximum atomic E-state index is 13.2. The molecule has 0 fully saturated rings. The Morgan fingerprint density at radius 1 is 1.15 bits per heavy atom. The monoisotopic (exact) mass is 381 g/mol. The molecule has 0 bridgehead atoms. The first-order valence-corrected chi connectivity index (χ1v) is 8.16. The second-order valence-electron chi connectivity index (χ2n) is 5.09. The second-order valence-corrected chi connectivity index (χ2v) is 6.04. The van der Waals surface area contributed by atoms with Crippen LogP contribution in [0, 0.1) is 10.1 Å². The predicted molar refractivity (Wildman–Crippen MR) is 86.8 cm³/mol. The van der Waals surface area contributed by atoms with Crippen LogP contribution in [0.15, 0.2) is 53.7 Å². The summed E-state index contributed by atoms with van der Waals surface area (Å²) in [7, 11) is 0. The number of tetrazole rings is 1. The molecule has 0 aliphatic heterocycles. The zero-order valence-electron chi connectivity index (χ0n) is 12.9. The number of alkyl halides is 3. The molecular formula is C15H10F3N5O2S. The highest BCUT2D eigenvalue weighted by Crippen LogP contribution is 2.36. The molecule has 0 amide bonds. The summed E-state index contributed by atoms with van der Waals surface area (Å²) in [4.78, 5) is 10.1. The van der Waals surface area contributed by atoms with Gasteiger partial charge in [-0.15, -0.1) is 5.10 Å². The van der Waals surface area contributed by atoms with Crippen LogP contribution >= 0.6 is 11.8 Å². The average Bonchev–Trinajstić information content (AvgIpc) is 3.08. The topological polar surface area (TPSA) is 86.7 Å². The van der Waals surface area contributed by atoms with Gasteiger partial charge in [-0.3, -0.25) is 10.1 Å². The normalized spacial score (nSPS) is 11.5. The highest BCUT2D eigenvalue weighted by atomic mass is 32.2. The summed E-state index contributed by atoms with van der Waals surface area (Å²) in [6.07, 6.45) is -4.61. The fourth-order valence-electron chi connectivity index (χ4n) is 2.23. The van der Waals surface area contributed by atoms with Crippen molar-refractivity contribution >= 4 is 17.4 Å². The van der Waals surface area contributed by atoms with Gasteiger partial charge in [0.2, 0.25) is 5.16 Å². The first-order valence-electron chi connectivity index (χ1n) is 7.17. The van der Waals surface area contributed by atoms with Gasteiger partial charge < -0.3 is 0 Å². The van der Waals surface area contributed by atoms with Crippen molar-refractivity contribution in [1.29, 1.82) is 0 Å². The summed E-state index contributed by atoms with van der Waals surface area (Å²) < 4.78 is 40.9. The largest absolute Gasteiger partial charge is 0.416 e. The Morgan fingerprint density at radius 2 is 1.88 bits per heavy atom. The van der Waals surface area contributed by atoms with E-state index in [4.69, 9.17) is 0 Å². The molecule has 0 aliphatic rings. The van der Waals surface area contributed by atoms with E-state index in [0.29, 0.717) is 11.8 Å². The smallest absolute Gasteiger partial charge is 0.258 e. The average molecular weight is 381 g/mol. The van der Waals surface area contributed by atoms with E-state index in [1.165, 1.54) is 4.68 Å². The van der Waals surface area contributed by atoms with Crippen molar-refractivity contribution in [3.8, 4) is 5.69 Å². The third-order valence-electron chi connectivity index (χ3n) is 3.40. The van der Waals surface area contributed by atoms with E-state index in [2.05, 4.69) is 15.5 Å². The van der Waals surface area contributed by atoms with E-state index < -0.39 is 22.4 Å². The molecule has 134 valence electrons. The Hall–Kier alpha value is -2.95. The highest BCUT2D eigenvalue weighted by Gasteiger charge is 2.34. The van der Waals surface area contributed by atoms with E-state index in [0.717, 1.165) is 23.9 Å². The van der Waals surface area contributed by atoms with E-state index in [-0.39, 0.29) is 16.5 Å². The Kier molecular flexibility index (Phi) is 4.89. The molecule has 11 heteroatoms. The number of benzene rings is 2. The number of hydrogen-bond donors (Lipinski definition) is 0. The number of nitro groups is 1. The van der Waals surface area contributed by atoms with Crippen molar-refractivity contribution in [2.24, 2.45) is 0 Å². The summed E-state index contributed by atoms with van der Waals surface area (Å²) >= 11 is 0.957. The van der Waals surface area contributed by atoms with Crippen molar-refractivity contribution in [2.45, 2.75) is 17.1 Å². The number of nitro benzene ring substituents is 1. The van der Waals surface area contributed by atoms with Crippen molar-refractivity contribution in [2.75, 3.05) is 0 Å². The van der Waals surface area contributed by atoms with Crippen molar-refractivity contribution in [3.63, 3.8) is 0 Å². The standard InChI is InChI=1S/C15H10F3N5O2S/c16-15(17,18)13-7-6-12(23(24)25)8-10(13)9-26-14-19-20-21-22(14)11-4-2-1-3-5-11/h1-8H,9H2. The maximum Gasteiger partial charge on any atom is 0.416 e. The van der Waals surface area contributed by atoms with Crippen molar-refractivity contribution < 1.29 is 18.1 Å². The van der Waals surface area contributed by atoms with Crippen LogP contribution in [0.5, 0.6) is 0 Å². The van der Waals surface area contributed by atoms with Crippen molar-refractivity contribution in [1.82, 2.24) is 20.2 Å². The number of non-ortho nitro benzene ring substituents is 1. The van der Waals surface area contributed by atoms with Gasteiger partial charge in [-0.2, -0.15) is 17.9 Å². The quantitative estimate of drug-likeness (QED) is 0.379. The molecule has 1 heterocycles. The second kappa shape index (κ2) is 7.12. The lowest BCUT2D eigenvalue weighted by molar-refractivity contribution is -0.385. The molecule has 0 N–H and O–H groups in total. The molecule has 0 saturated heterocycles. The molecule has 2 aromatic carbocycles. The number of hydrogen-bond acceptors (Lipinski definition) is 6. The molecule has 0 radical (unpaired) electrons. The number of thioether (sulfide) groups is 1.